The molecule has 0 atom stereocenters. The monoisotopic (exact) mass is 155 g/mol. The molecule has 10 heavy (non-hydrogen) atoms. The third kappa shape index (κ3) is 3.81. The van der Waals surface area contributed by atoms with E-state index in [1.54, 1.807) is 0 Å². The van der Waals surface area contributed by atoms with Crippen molar-refractivity contribution >= 4 is 11.8 Å². The van der Waals surface area contributed by atoms with Crippen LogP contribution in [0.25, 0.3) is 0 Å². The van der Waals surface area contributed by atoms with Gasteiger partial charge in [-0.05, 0) is 12.8 Å². The summed E-state index contributed by atoms with van der Waals surface area (Å²) in [7, 11) is 0. The Hall–Kier alpha value is -0.130. The van der Waals surface area contributed by atoms with Gasteiger partial charge in [-0.15, -0.1) is 18.2 Å². The second kappa shape index (κ2) is 4.65. The van der Waals surface area contributed by atoms with Crippen LogP contribution < -0.4 is 5.32 Å². The minimum absolute atomic E-state index is 0.839. The van der Waals surface area contributed by atoms with Gasteiger partial charge >= 0.3 is 0 Å². The Labute approximate surface area is 67.0 Å². The number of thioether (sulfide) groups is 1. The molecule has 1 N–H and O–H groups in total. The molecule has 1 aliphatic carbocycles. The highest BCUT2D eigenvalue weighted by molar-refractivity contribution is 7.99. The molecule has 1 fully saturated rings. The zero-order valence-electron chi connectivity index (χ0n) is 6.10. The van der Waals surface area contributed by atoms with Crippen molar-refractivity contribution in [2.75, 3.05) is 18.1 Å². The summed E-state index contributed by atoms with van der Waals surface area (Å²) in [5.74, 6) is 4.61. The van der Waals surface area contributed by atoms with Crippen molar-refractivity contribution in [3.8, 4) is 12.3 Å². The third-order valence-electron chi connectivity index (χ3n) is 1.44. The summed E-state index contributed by atoms with van der Waals surface area (Å²) in [4.78, 5) is 0. The number of terminal acetylenes is 1. The molecular weight excluding hydrogens is 142 g/mol. The zero-order valence-corrected chi connectivity index (χ0v) is 6.91. The molecule has 2 heteroatoms. The Bertz CT molecular complexity index is 124. The van der Waals surface area contributed by atoms with E-state index in [-0.39, 0.29) is 0 Å². The molecule has 0 heterocycles. The van der Waals surface area contributed by atoms with Gasteiger partial charge in [0.1, 0.15) is 0 Å². The summed E-state index contributed by atoms with van der Waals surface area (Å²) in [6.45, 7) is 1.12. The number of hydrogen-bond acceptors (Lipinski definition) is 2. The van der Waals surface area contributed by atoms with Crippen molar-refractivity contribution in [1.29, 1.82) is 0 Å². The van der Waals surface area contributed by atoms with E-state index in [2.05, 4.69) is 11.2 Å². The first-order valence-electron chi connectivity index (χ1n) is 3.68. The van der Waals surface area contributed by atoms with Crippen molar-refractivity contribution in [3.05, 3.63) is 0 Å². The van der Waals surface area contributed by atoms with Gasteiger partial charge in [-0.25, -0.2) is 0 Å². The van der Waals surface area contributed by atoms with Crippen molar-refractivity contribution in [1.82, 2.24) is 5.32 Å². The molecule has 1 saturated carbocycles. The van der Waals surface area contributed by atoms with Gasteiger partial charge in [0.15, 0.2) is 0 Å². The maximum Gasteiger partial charge on any atom is 0.0545 e. The smallest absolute Gasteiger partial charge is 0.0545 e. The van der Waals surface area contributed by atoms with E-state index in [0.29, 0.717) is 0 Å². The Morgan fingerprint density at radius 3 is 3.00 bits per heavy atom. The molecule has 0 unspecified atom stereocenters. The van der Waals surface area contributed by atoms with Gasteiger partial charge < -0.3 is 5.32 Å². The standard InChI is InChI=1S/C8H13NS/c1-2-6-10-7-5-9-8-3-4-8/h1,8-9H,3-7H2. The summed E-state index contributed by atoms with van der Waals surface area (Å²) in [5.41, 5.74) is 0. The van der Waals surface area contributed by atoms with Crippen LogP contribution in [-0.2, 0) is 0 Å². The largest absolute Gasteiger partial charge is 0.313 e. The average Bonchev–Trinajstić information content (AvgIpc) is 2.71. The van der Waals surface area contributed by atoms with Gasteiger partial charge in [0.05, 0.1) is 5.75 Å². The zero-order chi connectivity index (χ0) is 7.23. The summed E-state index contributed by atoms with van der Waals surface area (Å²) in [6.07, 6.45) is 7.84. The molecule has 0 spiro atoms. The molecule has 0 saturated heterocycles. The summed E-state index contributed by atoms with van der Waals surface area (Å²) in [5, 5.41) is 3.43. The lowest BCUT2D eigenvalue weighted by atomic mass is 10.6. The van der Waals surface area contributed by atoms with Crippen LogP contribution in [-0.4, -0.2) is 24.1 Å². The molecule has 0 aliphatic heterocycles. The van der Waals surface area contributed by atoms with Gasteiger partial charge in [0, 0.05) is 18.3 Å². The normalized spacial score (nSPS) is 16.7. The van der Waals surface area contributed by atoms with E-state index in [9.17, 15) is 0 Å². The van der Waals surface area contributed by atoms with Gasteiger partial charge in [-0.2, -0.15) is 0 Å². The fourth-order valence-corrected chi connectivity index (χ4v) is 1.28. The maximum absolute atomic E-state index is 5.09. The summed E-state index contributed by atoms with van der Waals surface area (Å²) < 4.78 is 0. The first-order valence-corrected chi connectivity index (χ1v) is 4.83. The molecule has 0 aromatic rings. The minimum atomic E-state index is 0.839. The lowest BCUT2D eigenvalue weighted by molar-refractivity contribution is 0.726. The van der Waals surface area contributed by atoms with Gasteiger partial charge in [-0.3, -0.25) is 0 Å². The Balaban J connectivity index is 1.73. The van der Waals surface area contributed by atoms with Crippen molar-refractivity contribution in [2.24, 2.45) is 0 Å². The van der Waals surface area contributed by atoms with E-state index in [1.165, 1.54) is 12.8 Å². The predicted molar refractivity (Wildman–Crippen MR) is 47.2 cm³/mol. The van der Waals surface area contributed by atoms with E-state index >= 15 is 0 Å². The lowest BCUT2D eigenvalue weighted by Gasteiger charge is -1.98. The van der Waals surface area contributed by atoms with Crippen LogP contribution in [0.3, 0.4) is 0 Å². The topological polar surface area (TPSA) is 12.0 Å². The molecule has 0 aromatic carbocycles. The second-order valence-electron chi connectivity index (χ2n) is 2.49. The third-order valence-corrected chi connectivity index (χ3v) is 2.31. The number of hydrogen-bond donors (Lipinski definition) is 1. The second-order valence-corrected chi connectivity index (χ2v) is 3.59. The van der Waals surface area contributed by atoms with Crippen molar-refractivity contribution < 1.29 is 0 Å². The van der Waals surface area contributed by atoms with E-state index in [1.807, 2.05) is 11.8 Å². The van der Waals surface area contributed by atoms with E-state index < -0.39 is 0 Å². The van der Waals surface area contributed by atoms with Crippen LogP contribution in [0.15, 0.2) is 0 Å². The Morgan fingerprint density at radius 1 is 1.60 bits per heavy atom. The van der Waals surface area contributed by atoms with Gasteiger partial charge in [0.2, 0.25) is 0 Å². The molecular formula is C8H13NS. The lowest BCUT2D eigenvalue weighted by Crippen LogP contribution is -2.19. The van der Waals surface area contributed by atoms with Crippen molar-refractivity contribution in [3.63, 3.8) is 0 Å². The number of rotatable bonds is 5. The molecule has 1 aliphatic rings. The van der Waals surface area contributed by atoms with Crippen LogP contribution in [0.1, 0.15) is 12.8 Å². The van der Waals surface area contributed by atoms with Crippen LogP contribution >= 0.6 is 11.8 Å². The minimum Gasteiger partial charge on any atom is -0.313 e. The van der Waals surface area contributed by atoms with Gasteiger partial charge in [-0.1, -0.05) is 5.92 Å². The highest BCUT2D eigenvalue weighted by Gasteiger charge is 2.19. The number of nitrogens with one attached hydrogen (secondary N) is 1. The first-order chi connectivity index (χ1) is 4.93. The predicted octanol–water partition coefficient (Wildman–Crippen LogP) is 1.10. The molecule has 0 bridgehead atoms. The van der Waals surface area contributed by atoms with Crippen LogP contribution in [0, 0.1) is 12.3 Å². The molecule has 1 nitrogen and oxygen atoms in total. The fraction of sp³-hybridized carbons (Fsp3) is 0.750. The fourth-order valence-electron chi connectivity index (χ4n) is 0.754. The Kier molecular flexibility index (Phi) is 3.71. The van der Waals surface area contributed by atoms with E-state index in [4.69, 9.17) is 6.42 Å². The summed E-state index contributed by atoms with van der Waals surface area (Å²) in [6, 6.07) is 0.839. The molecule has 1 rings (SSSR count). The van der Waals surface area contributed by atoms with E-state index in [0.717, 1.165) is 24.1 Å². The molecule has 0 amide bonds. The van der Waals surface area contributed by atoms with Crippen LogP contribution in [0.5, 0.6) is 0 Å². The van der Waals surface area contributed by atoms with Crippen LogP contribution in [0.4, 0.5) is 0 Å². The van der Waals surface area contributed by atoms with Crippen LogP contribution in [0.2, 0.25) is 0 Å². The Morgan fingerprint density at radius 2 is 2.40 bits per heavy atom. The maximum atomic E-state index is 5.09. The van der Waals surface area contributed by atoms with Gasteiger partial charge in [0.25, 0.3) is 0 Å². The SMILES string of the molecule is C#CCSCCNC1CC1. The van der Waals surface area contributed by atoms with Crippen molar-refractivity contribution in [2.45, 2.75) is 18.9 Å². The molecule has 56 valence electrons. The molecule has 0 radical (unpaired) electrons. The average molecular weight is 155 g/mol. The highest BCUT2D eigenvalue weighted by atomic mass is 32.2. The highest BCUT2D eigenvalue weighted by Crippen LogP contribution is 2.18. The molecule has 0 aromatic heterocycles. The summed E-state index contributed by atoms with van der Waals surface area (Å²) >= 11 is 1.82. The first kappa shape index (κ1) is 7.97. The quantitative estimate of drug-likeness (QED) is 0.471.